The van der Waals surface area contributed by atoms with Crippen LogP contribution in [0.5, 0.6) is 0 Å². The molecule has 9 heavy (non-hydrogen) atoms. The van der Waals surface area contributed by atoms with Crippen LogP contribution < -0.4 is 5.73 Å². The summed E-state index contributed by atoms with van der Waals surface area (Å²) in [5, 5.41) is 0. The summed E-state index contributed by atoms with van der Waals surface area (Å²) in [4.78, 5) is 16.8. The minimum absolute atomic E-state index is 0.315. The molecule has 48 valence electrons. The van der Waals surface area contributed by atoms with Gasteiger partial charge in [0.05, 0.1) is 6.33 Å². The molecule has 4 heteroatoms. The number of primary amides is 1. The number of aryl methyl sites for hydroxylation is 1. The van der Waals surface area contributed by atoms with Crippen LogP contribution >= 0.6 is 0 Å². The number of aromatic nitrogens is 2. The molecule has 0 spiro atoms. The second kappa shape index (κ2) is 1.89. The maximum atomic E-state index is 10.4. The predicted octanol–water partition coefficient (Wildman–Crippen LogP) is -0.183. The zero-order chi connectivity index (χ0) is 6.85. The third kappa shape index (κ3) is 0.910. The fraction of sp³-hybridized carbons (Fsp3) is 0.200. The van der Waals surface area contributed by atoms with Crippen LogP contribution in [0.1, 0.15) is 16.2 Å². The fourth-order valence-electron chi connectivity index (χ4n) is 0.607. The van der Waals surface area contributed by atoms with Crippen LogP contribution in [0.15, 0.2) is 6.33 Å². The van der Waals surface area contributed by atoms with E-state index >= 15 is 0 Å². The molecular weight excluding hydrogens is 118 g/mol. The first-order chi connectivity index (χ1) is 4.22. The summed E-state index contributed by atoms with van der Waals surface area (Å²) < 4.78 is 0. The van der Waals surface area contributed by atoms with Gasteiger partial charge in [-0.1, -0.05) is 0 Å². The number of nitrogens with zero attached hydrogens (tertiary/aromatic N) is 1. The number of rotatable bonds is 1. The molecule has 0 aliphatic rings. The molecule has 0 fully saturated rings. The number of amides is 1. The third-order valence-electron chi connectivity index (χ3n) is 1.06. The van der Waals surface area contributed by atoms with Crippen molar-refractivity contribution < 1.29 is 4.79 Å². The highest BCUT2D eigenvalue weighted by molar-refractivity contribution is 5.91. The molecule has 0 bridgehead atoms. The molecule has 0 aliphatic heterocycles. The van der Waals surface area contributed by atoms with Crippen molar-refractivity contribution in [1.82, 2.24) is 9.97 Å². The first-order valence-electron chi connectivity index (χ1n) is 2.51. The van der Waals surface area contributed by atoms with Crippen molar-refractivity contribution in [3.63, 3.8) is 0 Å². The van der Waals surface area contributed by atoms with Gasteiger partial charge in [-0.15, -0.1) is 0 Å². The Kier molecular flexibility index (Phi) is 1.22. The number of aromatic amines is 1. The van der Waals surface area contributed by atoms with Gasteiger partial charge in [-0.25, -0.2) is 4.98 Å². The lowest BCUT2D eigenvalue weighted by molar-refractivity contribution is 0.0995. The Labute approximate surface area is 52.1 Å². The number of hydrogen-bond acceptors (Lipinski definition) is 2. The van der Waals surface area contributed by atoms with Gasteiger partial charge < -0.3 is 10.7 Å². The van der Waals surface area contributed by atoms with E-state index in [-0.39, 0.29) is 0 Å². The van der Waals surface area contributed by atoms with Gasteiger partial charge in [-0.2, -0.15) is 0 Å². The second-order valence-corrected chi connectivity index (χ2v) is 1.74. The van der Waals surface area contributed by atoms with Gasteiger partial charge in [0.25, 0.3) is 5.91 Å². The zero-order valence-corrected chi connectivity index (χ0v) is 5.01. The number of nitrogens with one attached hydrogen (secondary N) is 1. The number of imidazole rings is 1. The van der Waals surface area contributed by atoms with E-state index < -0.39 is 5.91 Å². The number of H-pyrrole nitrogens is 1. The van der Waals surface area contributed by atoms with E-state index in [9.17, 15) is 4.79 Å². The Bertz CT molecular complexity index is 228. The van der Waals surface area contributed by atoms with Gasteiger partial charge in [0.2, 0.25) is 0 Å². The van der Waals surface area contributed by atoms with E-state index in [2.05, 4.69) is 9.97 Å². The standard InChI is InChI=1S/C5H7N3O/c1-3-4(5(6)9)8-2-7-3/h2H,1H3,(H2,6,9)(H,7,8). The maximum absolute atomic E-state index is 10.4. The van der Waals surface area contributed by atoms with Crippen LogP contribution in [0.2, 0.25) is 0 Å². The average Bonchev–Trinajstić information content (AvgIpc) is 2.13. The lowest BCUT2D eigenvalue weighted by Gasteiger charge is -1.86. The molecule has 3 N–H and O–H groups in total. The molecule has 1 aromatic heterocycles. The normalized spacial score (nSPS) is 9.44. The van der Waals surface area contributed by atoms with E-state index in [4.69, 9.17) is 5.73 Å². The van der Waals surface area contributed by atoms with Crippen molar-refractivity contribution in [2.45, 2.75) is 6.92 Å². The Morgan fingerprint density at radius 2 is 2.56 bits per heavy atom. The van der Waals surface area contributed by atoms with Gasteiger partial charge in [-0.05, 0) is 6.92 Å². The van der Waals surface area contributed by atoms with E-state index in [1.54, 1.807) is 6.92 Å². The molecule has 0 aromatic carbocycles. The highest BCUT2D eigenvalue weighted by atomic mass is 16.1. The predicted molar refractivity (Wildman–Crippen MR) is 31.8 cm³/mol. The largest absolute Gasteiger partial charge is 0.364 e. The molecule has 1 heterocycles. The van der Waals surface area contributed by atoms with Crippen LogP contribution in [-0.4, -0.2) is 15.9 Å². The number of carbonyl (C=O) groups excluding carboxylic acids is 1. The van der Waals surface area contributed by atoms with E-state index in [1.165, 1.54) is 6.33 Å². The summed E-state index contributed by atoms with van der Waals surface area (Å²) in [5.41, 5.74) is 5.96. The molecule has 0 atom stereocenters. The molecule has 1 rings (SSSR count). The highest BCUT2D eigenvalue weighted by Crippen LogP contribution is 1.96. The Morgan fingerprint density at radius 1 is 1.89 bits per heavy atom. The quantitative estimate of drug-likeness (QED) is 0.546. The summed E-state index contributed by atoms with van der Waals surface area (Å²) in [6, 6.07) is 0. The SMILES string of the molecule is Cc1[nH]cnc1C(N)=O. The summed E-state index contributed by atoms with van der Waals surface area (Å²) in [6.07, 6.45) is 1.44. The second-order valence-electron chi connectivity index (χ2n) is 1.74. The smallest absolute Gasteiger partial charge is 0.269 e. The first kappa shape index (κ1) is 5.81. The number of carbonyl (C=O) groups is 1. The Hall–Kier alpha value is -1.32. The molecule has 0 unspecified atom stereocenters. The van der Waals surface area contributed by atoms with E-state index in [1.807, 2.05) is 0 Å². The third-order valence-corrected chi connectivity index (χ3v) is 1.06. The molecule has 1 amide bonds. The minimum Gasteiger partial charge on any atom is -0.364 e. The molecule has 0 saturated carbocycles. The first-order valence-corrected chi connectivity index (χ1v) is 2.51. The van der Waals surface area contributed by atoms with Crippen molar-refractivity contribution in [2.75, 3.05) is 0 Å². The zero-order valence-electron chi connectivity index (χ0n) is 5.01. The van der Waals surface area contributed by atoms with Gasteiger partial charge in [-0.3, -0.25) is 4.79 Å². The van der Waals surface area contributed by atoms with Crippen molar-refractivity contribution >= 4 is 5.91 Å². The van der Waals surface area contributed by atoms with Gasteiger partial charge >= 0.3 is 0 Å². The van der Waals surface area contributed by atoms with Gasteiger partial charge in [0, 0.05) is 5.69 Å². The van der Waals surface area contributed by atoms with Crippen LogP contribution in [0.25, 0.3) is 0 Å². The number of nitrogens with two attached hydrogens (primary N) is 1. The summed E-state index contributed by atoms with van der Waals surface area (Å²) in [6.45, 7) is 1.74. The highest BCUT2D eigenvalue weighted by Gasteiger charge is 2.04. The lowest BCUT2D eigenvalue weighted by Crippen LogP contribution is -2.12. The summed E-state index contributed by atoms with van der Waals surface area (Å²) in [7, 11) is 0. The number of hydrogen-bond donors (Lipinski definition) is 2. The van der Waals surface area contributed by atoms with Crippen LogP contribution in [0.3, 0.4) is 0 Å². The molecule has 1 aromatic rings. The summed E-state index contributed by atoms with van der Waals surface area (Å²) >= 11 is 0. The minimum atomic E-state index is -0.492. The van der Waals surface area contributed by atoms with E-state index in [0.717, 1.165) is 0 Å². The molecule has 4 nitrogen and oxygen atoms in total. The van der Waals surface area contributed by atoms with Crippen LogP contribution in [0, 0.1) is 6.92 Å². The topological polar surface area (TPSA) is 71.8 Å². The van der Waals surface area contributed by atoms with Gasteiger partial charge in [0.15, 0.2) is 0 Å². The summed E-state index contributed by atoms with van der Waals surface area (Å²) in [5.74, 6) is -0.492. The Morgan fingerprint density at radius 3 is 2.78 bits per heavy atom. The fourth-order valence-corrected chi connectivity index (χ4v) is 0.607. The molecular formula is C5H7N3O. The maximum Gasteiger partial charge on any atom is 0.269 e. The van der Waals surface area contributed by atoms with Crippen molar-refractivity contribution in [2.24, 2.45) is 5.73 Å². The van der Waals surface area contributed by atoms with Crippen molar-refractivity contribution in [3.8, 4) is 0 Å². The Balaban J connectivity index is 3.08. The molecule has 0 saturated heterocycles. The molecule has 0 radical (unpaired) electrons. The van der Waals surface area contributed by atoms with Crippen LogP contribution in [0.4, 0.5) is 0 Å². The lowest BCUT2D eigenvalue weighted by atomic mass is 10.3. The monoisotopic (exact) mass is 125 g/mol. The van der Waals surface area contributed by atoms with Crippen LogP contribution in [-0.2, 0) is 0 Å². The van der Waals surface area contributed by atoms with Gasteiger partial charge in [0.1, 0.15) is 5.69 Å². The van der Waals surface area contributed by atoms with E-state index in [0.29, 0.717) is 11.4 Å². The van der Waals surface area contributed by atoms with Crippen molar-refractivity contribution in [1.29, 1.82) is 0 Å². The molecule has 0 aliphatic carbocycles. The average molecular weight is 125 g/mol. The van der Waals surface area contributed by atoms with Crippen molar-refractivity contribution in [3.05, 3.63) is 17.7 Å².